The van der Waals surface area contributed by atoms with Gasteiger partial charge in [0.2, 0.25) is 5.91 Å². The van der Waals surface area contributed by atoms with E-state index in [1.165, 1.54) is 11.1 Å². The lowest BCUT2D eigenvalue weighted by Crippen LogP contribution is -2.35. The number of carbonyl (C=O) groups is 1. The van der Waals surface area contributed by atoms with E-state index in [1.807, 2.05) is 18.2 Å². The number of hydrogen-bond donors (Lipinski definition) is 2. The van der Waals surface area contributed by atoms with Crippen molar-refractivity contribution >= 4 is 11.7 Å². The molecule has 1 aromatic carbocycles. The predicted octanol–water partition coefficient (Wildman–Crippen LogP) is 2.56. The van der Waals surface area contributed by atoms with Gasteiger partial charge in [-0.25, -0.2) is 4.98 Å². The smallest absolute Gasteiger partial charge is 0.242 e. The molecule has 2 aromatic rings. The number of anilines is 1. The Kier molecular flexibility index (Phi) is 4.81. The summed E-state index contributed by atoms with van der Waals surface area (Å²) in [6.07, 6.45) is 5.65. The molecule has 22 heavy (non-hydrogen) atoms. The molecule has 0 aliphatic carbocycles. The molecular weight excluding hydrogens is 274 g/mol. The maximum Gasteiger partial charge on any atom is 0.242 e. The van der Waals surface area contributed by atoms with Crippen LogP contribution in [-0.2, 0) is 17.6 Å². The molecule has 1 amide bonds. The number of nitrogens with zero attached hydrogens (tertiary/aromatic N) is 1. The highest BCUT2D eigenvalue weighted by Crippen LogP contribution is 2.13. The third-order valence-corrected chi connectivity index (χ3v) is 4.00. The molecule has 4 nitrogen and oxygen atoms in total. The molecule has 4 heteroatoms. The molecule has 1 atom stereocenters. The van der Waals surface area contributed by atoms with Crippen LogP contribution < -0.4 is 10.6 Å². The topological polar surface area (TPSA) is 54.0 Å². The van der Waals surface area contributed by atoms with Gasteiger partial charge in [0, 0.05) is 6.20 Å². The summed E-state index contributed by atoms with van der Waals surface area (Å²) in [6, 6.07) is 14.3. The third kappa shape index (κ3) is 3.92. The Morgan fingerprint density at radius 3 is 2.77 bits per heavy atom. The molecule has 1 aliphatic heterocycles. The van der Waals surface area contributed by atoms with Gasteiger partial charge < -0.3 is 10.6 Å². The molecule has 0 spiro atoms. The highest BCUT2D eigenvalue weighted by atomic mass is 16.2. The Labute approximate surface area is 131 Å². The molecule has 1 unspecified atom stereocenters. The number of carbonyl (C=O) groups excluding carboxylic acids is 1. The van der Waals surface area contributed by atoms with Crippen LogP contribution in [0, 0.1) is 0 Å². The van der Waals surface area contributed by atoms with E-state index in [4.69, 9.17) is 0 Å². The highest BCUT2D eigenvalue weighted by Gasteiger charge is 2.22. The fraction of sp³-hybridized carbons (Fsp3) is 0.333. The largest absolute Gasteiger partial charge is 0.309 e. The van der Waals surface area contributed by atoms with Crippen LogP contribution in [0.3, 0.4) is 0 Å². The SMILES string of the molecule is O=C(Nc1cc(CCc2ccccc2)ccn1)C1CCCN1. The number of rotatable bonds is 5. The summed E-state index contributed by atoms with van der Waals surface area (Å²) in [5.74, 6) is 0.662. The summed E-state index contributed by atoms with van der Waals surface area (Å²) in [7, 11) is 0. The van der Waals surface area contributed by atoms with Crippen molar-refractivity contribution in [3.05, 3.63) is 59.8 Å². The highest BCUT2D eigenvalue weighted by molar-refractivity contribution is 5.94. The number of nitrogens with one attached hydrogen (secondary N) is 2. The fourth-order valence-corrected chi connectivity index (χ4v) is 2.75. The average molecular weight is 295 g/mol. The molecule has 0 saturated carbocycles. The van der Waals surface area contributed by atoms with Gasteiger partial charge in [-0.3, -0.25) is 4.79 Å². The molecule has 1 saturated heterocycles. The zero-order valence-corrected chi connectivity index (χ0v) is 12.6. The van der Waals surface area contributed by atoms with Crippen LogP contribution in [0.15, 0.2) is 48.7 Å². The lowest BCUT2D eigenvalue weighted by molar-refractivity contribution is -0.117. The van der Waals surface area contributed by atoms with Gasteiger partial charge >= 0.3 is 0 Å². The quantitative estimate of drug-likeness (QED) is 0.891. The van der Waals surface area contributed by atoms with Crippen molar-refractivity contribution < 1.29 is 4.79 Å². The summed E-state index contributed by atoms with van der Waals surface area (Å²) >= 11 is 0. The second-order valence-electron chi connectivity index (χ2n) is 5.67. The lowest BCUT2D eigenvalue weighted by atomic mass is 10.1. The van der Waals surface area contributed by atoms with Gasteiger partial charge in [-0.05, 0) is 55.5 Å². The van der Waals surface area contributed by atoms with Crippen LogP contribution in [0.5, 0.6) is 0 Å². The van der Waals surface area contributed by atoms with Crippen molar-refractivity contribution in [2.45, 2.75) is 31.7 Å². The van der Waals surface area contributed by atoms with E-state index >= 15 is 0 Å². The lowest BCUT2D eigenvalue weighted by Gasteiger charge is -2.11. The van der Waals surface area contributed by atoms with Gasteiger partial charge in [0.15, 0.2) is 0 Å². The Morgan fingerprint density at radius 2 is 2.00 bits per heavy atom. The minimum atomic E-state index is -0.0743. The van der Waals surface area contributed by atoms with E-state index in [9.17, 15) is 4.79 Å². The van der Waals surface area contributed by atoms with Crippen molar-refractivity contribution in [1.82, 2.24) is 10.3 Å². The maximum absolute atomic E-state index is 12.1. The number of aromatic nitrogens is 1. The molecule has 3 rings (SSSR count). The average Bonchev–Trinajstić information content (AvgIpc) is 3.09. The van der Waals surface area contributed by atoms with Gasteiger partial charge in [-0.1, -0.05) is 30.3 Å². The van der Waals surface area contributed by atoms with E-state index in [0.717, 1.165) is 32.2 Å². The standard InChI is InChI=1S/C18H21N3O/c22-18(16-7-4-11-19-16)21-17-13-15(10-12-20-17)9-8-14-5-2-1-3-6-14/h1-3,5-6,10,12-13,16,19H,4,7-9,11H2,(H,20,21,22). The Balaban J connectivity index is 1.58. The van der Waals surface area contributed by atoms with Gasteiger partial charge in [-0.15, -0.1) is 0 Å². The van der Waals surface area contributed by atoms with Crippen molar-refractivity contribution in [1.29, 1.82) is 0 Å². The molecule has 2 heterocycles. The number of pyridine rings is 1. The van der Waals surface area contributed by atoms with Gasteiger partial charge in [-0.2, -0.15) is 0 Å². The first-order valence-electron chi connectivity index (χ1n) is 7.84. The van der Waals surface area contributed by atoms with Crippen molar-refractivity contribution in [2.24, 2.45) is 0 Å². The van der Waals surface area contributed by atoms with Crippen LogP contribution >= 0.6 is 0 Å². The third-order valence-electron chi connectivity index (χ3n) is 4.00. The van der Waals surface area contributed by atoms with Gasteiger partial charge in [0.25, 0.3) is 0 Å². The summed E-state index contributed by atoms with van der Waals surface area (Å²) in [6.45, 7) is 0.919. The van der Waals surface area contributed by atoms with E-state index in [0.29, 0.717) is 5.82 Å². The molecule has 1 aromatic heterocycles. The van der Waals surface area contributed by atoms with E-state index in [1.54, 1.807) is 6.20 Å². The second kappa shape index (κ2) is 7.18. The summed E-state index contributed by atoms with van der Waals surface area (Å²) in [4.78, 5) is 16.3. The van der Waals surface area contributed by atoms with Crippen LogP contribution in [0.2, 0.25) is 0 Å². The van der Waals surface area contributed by atoms with E-state index in [2.05, 4.69) is 39.9 Å². The number of aryl methyl sites for hydroxylation is 2. The predicted molar refractivity (Wildman–Crippen MR) is 87.7 cm³/mol. The first-order chi connectivity index (χ1) is 10.8. The van der Waals surface area contributed by atoms with Crippen LogP contribution in [0.25, 0.3) is 0 Å². The Hall–Kier alpha value is -2.20. The van der Waals surface area contributed by atoms with E-state index in [-0.39, 0.29) is 11.9 Å². The zero-order valence-electron chi connectivity index (χ0n) is 12.6. The molecule has 1 aliphatic rings. The molecule has 114 valence electrons. The van der Waals surface area contributed by atoms with Crippen molar-refractivity contribution in [3.63, 3.8) is 0 Å². The first-order valence-corrected chi connectivity index (χ1v) is 7.84. The summed E-state index contributed by atoms with van der Waals surface area (Å²) in [5.41, 5.74) is 2.51. The first kappa shape index (κ1) is 14.7. The monoisotopic (exact) mass is 295 g/mol. The van der Waals surface area contributed by atoms with Gasteiger partial charge in [0.05, 0.1) is 6.04 Å². The Bertz CT molecular complexity index is 621. The number of hydrogen-bond acceptors (Lipinski definition) is 3. The normalized spacial score (nSPS) is 17.4. The molecular formula is C18H21N3O. The summed E-state index contributed by atoms with van der Waals surface area (Å²) < 4.78 is 0. The van der Waals surface area contributed by atoms with E-state index < -0.39 is 0 Å². The van der Waals surface area contributed by atoms with Crippen molar-refractivity contribution in [3.8, 4) is 0 Å². The Morgan fingerprint density at radius 1 is 1.18 bits per heavy atom. The molecule has 0 bridgehead atoms. The van der Waals surface area contributed by atoms with Crippen molar-refractivity contribution in [2.75, 3.05) is 11.9 Å². The number of benzene rings is 1. The molecule has 2 N–H and O–H groups in total. The minimum absolute atomic E-state index is 0.0187. The fourth-order valence-electron chi connectivity index (χ4n) is 2.75. The maximum atomic E-state index is 12.1. The molecule has 0 radical (unpaired) electrons. The zero-order chi connectivity index (χ0) is 15.2. The van der Waals surface area contributed by atoms with Crippen LogP contribution in [0.4, 0.5) is 5.82 Å². The van der Waals surface area contributed by atoms with Gasteiger partial charge in [0.1, 0.15) is 5.82 Å². The van der Waals surface area contributed by atoms with Crippen LogP contribution in [-0.4, -0.2) is 23.5 Å². The second-order valence-corrected chi connectivity index (χ2v) is 5.67. The van der Waals surface area contributed by atoms with Crippen LogP contribution in [0.1, 0.15) is 24.0 Å². The minimum Gasteiger partial charge on any atom is -0.309 e. The molecule has 1 fully saturated rings. The number of amides is 1. The summed E-state index contributed by atoms with van der Waals surface area (Å²) in [5, 5.41) is 6.11.